The van der Waals surface area contributed by atoms with Crippen LogP contribution in [-0.4, -0.2) is 43.4 Å². The van der Waals surface area contributed by atoms with Gasteiger partial charge in [0, 0.05) is 13.6 Å². The van der Waals surface area contributed by atoms with Gasteiger partial charge in [-0.25, -0.2) is 8.78 Å². The third-order valence-corrected chi connectivity index (χ3v) is 1.95. The van der Waals surface area contributed by atoms with E-state index in [9.17, 15) is 13.6 Å². The summed E-state index contributed by atoms with van der Waals surface area (Å²) < 4.78 is 23.5. The Balaban J connectivity index is 2.30. The Kier molecular flexibility index (Phi) is 2.97. The average molecular weight is 178 g/mol. The summed E-state index contributed by atoms with van der Waals surface area (Å²) in [6, 6.07) is -0.399. The second-order valence-corrected chi connectivity index (χ2v) is 2.90. The van der Waals surface area contributed by atoms with Crippen molar-refractivity contribution < 1.29 is 13.6 Å². The first kappa shape index (κ1) is 9.38. The van der Waals surface area contributed by atoms with E-state index < -0.39 is 19.0 Å². The normalized spacial score (nSPS) is 24.2. The molecule has 1 unspecified atom stereocenters. The maximum atomic E-state index is 11.7. The molecule has 1 saturated heterocycles. The summed E-state index contributed by atoms with van der Waals surface area (Å²) in [6.07, 6.45) is -1.76. The van der Waals surface area contributed by atoms with Gasteiger partial charge in [-0.05, 0) is 6.42 Å². The minimum Gasteiger partial charge on any atom is -0.344 e. The second-order valence-electron chi connectivity index (χ2n) is 2.90. The van der Waals surface area contributed by atoms with Crippen LogP contribution < -0.4 is 5.32 Å². The molecule has 0 radical (unpaired) electrons. The lowest BCUT2D eigenvalue weighted by Crippen LogP contribution is -2.39. The zero-order valence-electron chi connectivity index (χ0n) is 6.89. The average Bonchev–Trinajstić information content (AvgIpc) is 2.30. The lowest BCUT2D eigenvalue weighted by atomic mass is 10.2. The van der Waals surface area contributed by atoms with Crippen molar-refractivity contribution in [2.24, 2.45) is 0 Å². The molecule has 0 aromatic carbocycles. The van der Waals surface area contributed by atoms with E-state index >= 15 is 0 Å². The van der Waals surface area contributed by atoms with Crippen LogP contribution in [-0.2, 0) is 4.79 Å². The van der Waals surface area contributed by atoms with E-state index in [1.807, 2.05) is 0 Å². The number of alkyl halides is 2. The van der Waals surface area contributed by atoms with E-state index in [-0.39, 0.29) is 5.91 Å². The standard InChI is InChI=1S/C7H12F2N2O/c1-11-3-2-5(7(11)12)10-4-6(8)9/h5-6,10H,2-4H2,1H3. The minimum absolute atomic E-state index is 0.0874. The van der Waals surface area contributed by atoms with Gasteiger partial charge in [-0.3, -0.25) is 4.79 Å². The molecular formula is C7H12F2N2O. The maximum absolute atomic E-state index is 11.7. The molecule has 0 saturated carbocycles. The van der Waals surface area contributed by atoms with E-state index in [1.54, 1.807) is 11.9 Å². The summed E-state index contributed by atoms with van der Waals surface area (Å²) in [5, 5.41) is 2.52. The highest BCUT2D eigenvalue weighted by atomic mass is 19.3. The lowest BCUT2D eigenvalue weighted by Gasteiger charge is -2.11. The molecule has 5 heteroatoms. The number of halogens is 2. The Hall–Kier alpha value is -0.710. The maximum Gasteiger partial charge on any atom is 0.250 e. The van der Waals surface area contributed by atoms with Gasteiger partial charge in [-0.2, -0.15) is 0 Å². The van der Waals surface area contributed by atoms with Crippen LogP contribution in [0.5, 0.6) is 0 Å². The largest absolute Gasteiger partial charge is 0.344 e. The number of hydrogen-bond acceptors (Lipinski definition) is 2. The highest BCUT2D eigenvalue weighted by Crippen LogP contribution is 2.08. The van der Waals surface area contributed by atoms with Crippen LogP contribution in [0.4, 0.5) is 8.78 Å². The van der Waals surface area contributed by atoms with Gasteiger partial charge in [0.25, 0.3) is 6.43 Å². The van der Waals surface area contributed by atoms with Crippen molar-refractivity contribution in [3.8, 4) is 0 Å². The summed E-state index contributed by atoms with van der Waals surface area (Å²) in [5.41, 5.74) is 0. The molecule has 0 aromatic heterocycles. The molecular weight excluding hydrogens is 166 g/mol. The number of hydrogen-bond donors (Lipinski definition) is 1. The molecule has 3 nitrogen and oxygen atoms in total. The highest BCUT2D eigenvalue weighted by molar-refractivity contribution is 5.83. The Bertz CT molecular complexity index is 175. The van der Waals surface area contributed by atoms with Gasteiger partial charge in [0.2, 0.25) is 5.91 Å². The Morgan fingerprint density at radius 2 is 2.42 bits per heavy atom. The fraction of sp³-hybridized carbons (Fsp3) is 0.857. The molecule has 12 heavy (non-hydrogen) atoms. The highest BCUT2D eigenvalue weighted by Gasteiger charge is 2.28. The lowest BCUT2D eigenvalue weighted by molar-refractivity contribution is -0.128. The topological polar surface area (TPSA) is 32.3 Å². The third-order valence-electron chi connectivity index (χ3n) is 1.95. The van der Waals surface area contributed by atoms with E-state index in [0.717, 1.165) is 0 Å². The summed E-state index contributed by atoms with van der Waals surface area (Å²) in [6.45, 7) is 0.254. The Labute approximate surface area is 69.7 Å². The fourth-order valence-electron chi connectivity index (χ4n) is 1.24. The van der Waals surface area contributed by atoms with Crippen molar-refractivity contribution in [2.75, 3.05) is 20.1 Å². The van der Waals surface area contributed by atoms with Crippen LogP contribution >= 0.6 is 0 Å². The molecule has 0 aliphatic carbocycles. The minimum atomic E-state index is -2.39. The first-order valence-corrected chi connectivity index (χ1v) is 3.88. The van der Waals surface area contributed by atoms with Crippen LogP contribution in [0.2, 0.25) is 0 Å². The first-order chi connectivity index (χ1) is 5.61. The van der Waals surface area contributed by atoms with Crippen molar-refractivity contribution in [1.29, 1.82) is 0 Å². The SMILES string of the molecule is CN1CCC(NCC(F)F)C1=O. The summed E-state index contributed by atoms with van der Waals surface area (Å²) in [4.78, 5) is 12.7. The Morgan fingerprint density at radius 3 is 2.83 bits per heavy atom. The number of rotatable bonds is 3. The van der Waals surface area contributed by atoms with Gasteiger partial charge in [-0.15, -0.1) is 0 Å². The van der Waals surface area contributed by atoms with Crippen molar-refractivity contribution in [3.05, 3.63) is 0 Å². The predicted molar refractivity (Wildman–Crippen MR) is 40.0 cm³/mol. The molecule has 0 bridgehead atoms. The van der Waals surface area contributed by atoms with Crippen LogP contribution in [0.1, 0.15) is 6.42 Å². The van der Waals surface area contributed by atoms with Gasteiger partial charge in [0.15, 0.2) is 0 Å². The quantitative estimate of drug-likeness (QED) is 0.663. The van der Waals surface area contributed by atoms with Crippen molar-refractivity contribution in [3.63, 3.8) is 0 Å². The third kappa shape index (κ3) is 2.14. The first-order valence-electron chi connectivity index (χ1n) is 3.88. The van der Waals surface area contributed by atoms with Crippen molar-refractivity contribution in [2.45, 2.75) is 18.9 Å². The van der Waals surface area contributed by atoms with E-state index in [4.69, 9.17) is 0 Å². The summed E-state index contributed by atoms with van der Waals surface area (Å²) in [7, 11) is 1.67. The molecule has 1 aliphatic heterocycles. The molecule has 1 rings (SSSR count). The zero-order valence-corrected chi connectivity index (χ0v) is 6.89. The van der Waals surface area contributed by atoms with Gasteiger partial charge in [0.1, 0.15) is 0 Å². The zero-order chi connectivity index (χ0) is 9.14. The van der Waals surface area contributed by atoms with E-state index in [2.05, 4.69) is 5.32 Å². The molecule has 1 fully saturated rings. The van der Waals surface area contributed by atoms with Gasteiger partial charge < -0.3 is 10.2 Å². The number of likely N-dealkylation sites (tertiary alicyclic amines) is 1. The van der Waals surface area contributed by atoms with Crippen molar-refractivity contribution in [1.82, 2.24) is 10.2 Å². The second kappa shape index (κ2) is 3.80. The van der Waals surface area contributed by atoms with Gasteiger partial charge >= 0.3 is 0 Å². The van der Waals surface area contributed by atoms with Crippen LogP contribution in [0.25, 0.3) is 0 Å². The van der Waals surface area contributed by atoms with Crippen LogP contribution in [0, 0.1) is 0 Å². The molecule has 1 aliphatic rings. The number of amides is 1. The van der Waals surface area contributed by atoms with Crippen LogP contribution in [0.15, 0.2) is 0 Å². The molecule has 0 spiro atoms. The molecule has 1 amide bonds. The number of nitrogens with zero attached hydrogens (tertiary/aromatic N) is 1. The van der Waals surface area contributed by atoms with Gasteiger partial charge in [0.05, 0.1) is 12.6 Å². The molecule has 1 heterocycles. The van der Waals surface area contributed by atoms with Crippen molar-refractivity contribution >= 4 is 5.91 Å². The van der Waals surface area contributed by atoms with E-state index in [0.29, 0.717) is 13.0 Å². The summed E-state index contributed by atoms with van der Waals surface area (Å²) >= 11 is 0. The number of likely N-dealkylation sites (N-methyl/N-ethyl adjacent to an activating group) is 1. The monoisotopic (exact) mass is 178 g/mol. The van der Waals surface area contributed by atoms with Gasteiger partial charge in [-0.1, -0.05) is 0 Å². The molecule has 0 aromatic rings. The number of carbonyl (C=O) groups excluding carboxylic acids is 1. The predicted octanol–water partition coefficient (Wildman–Crippen LogP) is 0.0718. The van der Waals surface area contributed by atoms with Crippen LogP contribution in [0.3, 0.4) is 0 Å². The fourth-order valence-corrected chi connectivity index (χ4v) is 1.24. The number of carbonyl (C=O) groups is 1. The molecule has 1 N–H and O–H groups in total. The van der Waals surface area contributed by atoms with E-state index in [1.165, 1.54) is 0 Å². The smallest absolute Gasteiger partial charge is 0.250 e. The summed E-state index contributed by atoms with van der Waals surface area (Å²) in [5.74, 6) is -0.0874. The Morgan fingerprint density at radius 1 is 1.75 bits per heavy atom. The number of nitrogens with one attached hydrogen (secondary N) is 1. The molecule has 70 valence electrons. The molecule has 1 atom stereocenters.